The van der Waals surface area contributed by atoms with E-state index in [-0.39, 0.29) is 12.3 Å². The van der Waals surface area contributed by atoms with Crippen LogP contribution in [0.3, 0.4) is 0 Å². The van der Waals surface area contributed by atoms with Crippen LogP contribution in [-0.4, -0.2) is 41.9 Å². The maximum atomic E-state index is 11.8. The molecule has 1 aliphatic carbocycles. The van der Waals surface area contributed by atoms with Gasteiger partial charge < -0.3 is 16.0 Å². The lowest BCUT2D eigenvalue weighted by Crippen LogP contribution is -2.46. The Labute approximate surface area is 96.4 Å². The van der Waals surface area contributed by atoms with Gasteiger partial charge in [0.1, 0.15) is 0 Å². The first-order chi connectivity index (χ1) is 7.58. The lowest BCUT2D eigenvalue weighted by molar-refractivity contribution is -0.133. The van der Waals surface area contributed by atoms with Crippen molar-refractivity contribution in [3.8, 4) is 0 Å². The standard InChI is InChI=1S/C11H21N3O2/c1-3-14(4-2)10(15)7-9(11(12)16)13-8-5-6-8/h8-9,13H,3-7H2,1-2H3,(H2,12,16). The topological polar surface area (TPSA) is 75.4 Å². The van der Waals surface area contributed by atoms with E-state index in [1.165, 1.54) is 0 Å². The number of nitrogens with two attached hydrogens (primary N) is 1. The summed E-state index contributed by atoms with van der Waals surface area (Å²) in [6, 6.07) is -0.136. The Morgan fingerprint density at radius 2 is 1.94 bits per heavy atom. The van der Waals surface area contributed by atoms with Crippen molar-refractivity contribution in [1.29, 1.82) is 0 Å². The van der Waals surface area contributed by atoms with Crippen LogP contribution in [0.1, 0.15) is 33.1 Å². The molecule has 2 amide bonds. The molecule has 1 unspecified atom stereocenters. The zero-order valence-electron chi connectivity index (χ0n) is 10.0. The lowest BCUT2D eigenvalue weighted by atomic mass is 10.1. The Balaban J connectivity index is 2.45. The Morgan fingerprint density at radius 3 is 2.31 bits per heavy atom. The summed E-state index contributed by atoms with van der Waals surface area (Å²) < 4.78 is 0. The number of nitrogens with zero attached hydrogens (tertiary/aromatic N) is 1. The van der Waals surface area contributed by atoms with Crippen molar-refractivity contribution < 1.29 is 9.59 Å². The second-order valence-corrected chi connectivity index (χ2v) is 4.17. The summed E-state index contributed by atoms with van der Waals surface area (Å²) >= 11 is 0. The Morgan fingerprint density at radius 1 is 1.38 bits per heavy atom. The normalized spacial score (nSPS) is 16.9. The molecule has 0 aromatic heterocycles. The van der Waals surface area contributed by atoms with Gasteiger partial charge in [0.05, 0.1) is 12.5 Å². The summed E-state index contributed by atoms with van der Waals surface area (Å²) in [5.74, 6) is -0.450. The summed E-state index contributed by atoms with van der Waals surface area (Å²) in [6.07, 6.45) is 2.32. The van der Waals surface area contributed by atoms with Gasteiger partial charge in [0.25, 0.3) is 0 Å². The third-order valence-corrected chi connectivity index (χ3v) is 2.85. The quantitative estimate of drug-likeness (QED) is 0.635. The number of carbonyl (C=O) groups is 2. The van der Waals surface area contributed by atoms with Gasteiger partial charge in [-0.1, -0.05) is 0 Å². The SMILES string of the molecule is CCN(CC)C(=O)CC(NC1CC1)C(N)=O. The second kappa shape index (κ2) is 5.84. The molecule has 1 fully saturated rings. The molecule has 1 atom stereocenters. The zero-order chi connectivity index (χ0) is 12.1. The van der Waals surface area contributed by atoms with E-state index in [0.29, 0.717) is 19.1 Å². The first kappa shape index (κ1) is 13.0. The summed E-state index contributed by atoms with van der Waals surface area (Å²) in [4.78, 5) is 24.7. The molecule has 0 aromatic carbocycles. The molecule has 0 heterocycles. The van der Waals surface area contributed by atoms with E-state index in [4.69, 9.17) is 5.73 Å². The van der Waals surface area contributed by atoms with Crippen molar-refractivity contribution >= 4 is 11.8 Å². The van der Waals surface area contributed by atoms with E-state index in [0.717, 1.165) is 12.8 Å². The van der Waals surface area contributed by atoms with Crippen molar-refractivity contribution in [2.45, 2.75) is 45.2 Å². The molecule has 0 aromatic rings. The van der Waals surface area contributed by atoms with Gasteiger partial charge in [0.15, 0.2) is 0 Å². The summed E-state index contributed by atoms with van der Waals surface area (Å²) in [7, 11) is 0. The molecule has 0 aliphatic heterocycles. The van der Waals surface area contributed by atoms with Crippen molar-refractivity contribution in [2.75, 3.05) is 13.1 Å². The van der Waals surface area contributed by atoms with Gasteiger partial charge in [-0.15, -0.1) is 0 Å². The van der Waals surface area contributed by atoms with E-state index in [1.807, 2.05) is 13.8 Å². The van der Waals surface area contributed by atoms with Gasteiger partial charge in [0, 0.05) is 19.1 Å². The second-order valence-electron chi connectivity index (χ2n) is 4.17. The van der Waals surface area contributed by atoms with Crippen LogP contribution in [0.4, 0.5) is 0 Å². The zero-order valence-corrected chi connectivity index (χ0v) is 10.0. The molecule has 3 N–H and O–H groups in total. The molecule has 5 heteroatoms. The fourth-order valence-electron chi connectivity index (χ4n) is 1.66. The van der Waals surface area contributed by atoms with Crippen LogP contribution in [0.5, 0.6) is 0 Å². The Kier molecular flexibility index (Phi) is 4.73. The minimum atomic E-state index is -0.513. The summed E-state index contributed by atoms with van der Waals surface area (Å²) in [5.41, 5.74) is 5.27. The molecule has 0 bridgehead atoms. The highest BCUT2D eigenvalue weighted by atomic mass is 16.2. The van der Waals surface area contributed by atoms with Crippen LogP contribution in [0.2, 0.25) is 0 Å². The van der Waals surface area contributed by atoms with Crippen LogP contribution in [0.25, 0.3) is 0 Å². The third kappa shape index (κ3) is 3.81. The third-order valence-electron chi connectivity index (χ3n) is 2.85. The van der Waals surface area contributed by atoms with E-state index in [1.54, 1.807) is 4.90 Å². The maximum absolute atomic E-state index is 11.8. The smallest absolute Gasteiger partial charge is 0.235 e. The fraction of sp³-hybridized carbons (Fsp3) is 0.818. The molecule has 1 aliphatic rings. The highest BCUT2D eigenvalue weighted by Crippen LogP contribution is 2.20. The minimum Gasteiger partial charge on any atom is -0.368 e. The van der Waals surface area contributed by atoms with Gasteiger partial charge >= 0.3 is 0 Å². The fourth-order valence-corrected chi connectivity index (χ4v) is 1.66. The van der Waals surface area contributed by atoms with Gasteiger partial charge in [-0.3, -0.25) is 9.59 Å². The number of nitrogens with one attached hydrogen (secondary N) is 1. The van der Waals surface area contributed by atoms with E-state index in [9.17, 15) is 9.59 Å². The lowest BCUT2D eigenvalue weighted by Gasteiger charge is -2.21. The minimum absolute atomic E-state index is 0.0121. The molecule has 0 spiro atoms. The molecule has 92 valence electrons. The largest absolute Gasteiger partial charge is 0.368 e. The summed E-state index contributed by atoms with van der Waals surface area (Å²) in [6.45, 7) is 5.19. The monoisotopic (exact) mass is 227 g/mol. The average Bonchev–Trinajstić information content (AvgIpc) is 3.02. The van der Waals surface area contributed by atoms with Gasteiger partial charge in [0.2, 0.25) is 11.8 Å². The number of carbonyl (C=O) groups excluding carboxylic acids is 2. The molecule has 16 heavy (non-hydrogen) atoms. The Bertz CT molecular complexity index is 260. The number of rotatable bonds is 7. The predicted molar refractivity (Wildman–Crippen MR) is 61.7 cm³/mol. The van der Waals surface area contributed by atoms with Crippen LogP contribution in [0, 0.1) is 0 Å². The van der Waals surface area contributed by atoms with Gasteiger partial charge in [-0.25, -0.2) is 0 Å². The molecule has 1 saturated carbocycles. The summed E-state index contributed by atoms with van der Waals surface area (Å²) in [5, 5.41) is 3.10. The van der Waals surface area contributed by atoms with Crippen molar-refractivity contribution in [3.63, 3.8) is 0 Å². The molecular weight excluding hydrogens is 206 g/mol. The van der Waals surface area contributed by atoms with Crippen molar-refractivity contribution in [3.05, 3.63) is 0 Å². The van der Waals surface area contributed by atoms with Gasteiger partial charge in [-0.05, 0) is 26.7 Å². The first-order valence-corrected chi connectivity index (χ1v) is 5.91. The highest BCUT2D eigenvalue weighted by Gasteiger charge is 2.29. The van der Waals surface area contributed by atoms with Crippen LogP contribution < -0.4 is 11.1 Å². The first-order valence-electron chi connectivity index (χ1n) is 5.91. The molecule has 5 nitrogen and oxygen atoms in total. The number of amides is 2. The van der Waals surface area contributed by atoms with E-state index < -0.39 is 11.9 Å². The number of hydrogen-bond acceptors (Lipinski definition) is 3. The maximum Gasteiger partial charge on any atom is 0.235 e. The predicted octanol–water partition coefficient (Wildman–Crippen LogP) is -0.149. The van der Waals surface area contributed by atoms with Crippen molar-refractivity contribution in [1.82, 2.24) is 10.2 Å². The van der Waals surface area contributed by atoms with E-state index >= 15 is 0 Å². The molecule has 0 saturated heterocycles. The van der Waals surface area contributed by atoms with Crippen LogP contribution >= 0.6 is 0 Å². The Hall–Kier alpha value is -1.10. The number of hydrogen-bond donors (Lipinski definition) is 2. The molecular formula is C11H21N3O2. The molecule has 0 radical (unpaired) electrons. The number of primary amides is 1. The van der Waals surface area contributed by atoms with Gasteiger partial charge in [-0.2, -0.15) is 0 Å². The van der Waals surface area contributed by atoms with Crippen LogP contribution in [0.15, 0.2) is 0 Å². The average molecular weight is 227 g/mol. The highest BCUT2D eigenvalue weighted by molar-refractivity contribution is 5.87. The van der Waals surface area contributed by atoms with Crippen LogP contribution in [-0.2, 0) is 9.59 Å². The van der Waals surface area contributed by atoms with E-state index in [2.05, 4.69) is 5.32 Å². The van der Waals surface area contributed by atoms with Crippen molar-refractivity contribution in [2.24, 2.45) is 5.73 Å². The molecule has 1 rings (SSSR count).